The van der Waals surface area contributed by atoms with Gasteiger partial charge in [-0.2, -0.15) is 5.26 Å². The van der Waals surface area contributed by atoms with Gasteiger partial charge in [-0.25, -0.2) is 4.98 Å². The van der Waals surface area contributed by atoms with Gasteiger partial charge in [0, 0.05) is 18.7 Å². The van der Waals surface area contributed by atoms with E-state index >= 15 is 0 Å². The highest BCUT2D eigenvalue weighted by Gasteiger charge is 2.44. The van der Waals surface area contributed by atoms with Gasteiger partial charge in [0.25, 0.3) is 5.91 Å². The molecule has 0 atom stereocenters. The molecule has 6 aromatic rings. The second-order valence-corrected chi connectivity index (χ2v) is 16.2. The van der Waals surface area contributed by atoms with E-state index < -0.39 is 7.26 Å². The number of rotatable bonds is 15. The summed E-state index contributed by atoms with van der Waals surface area (Å²) in [5.74, 6) is 0.813. The number of phenolic OH excluding ortho intramolecular Hbond substituents is 1. The Balaban J connectivity index is 0.00000486. The average Bonchev–Trinajstić information content (AvgIpc) is 3.57. The summed E-state index contributed by atoms with van der Waals surface area (Å²) in [6.45, 7) is 0.334. The predicted molar refractivity (Wildman–Crippen MR) is 200 cm³/mol. The number of aromatic nitrogens is 1. The third-order valence-electron chi connectivity index (χ3n) is 8.31. The lowest BCUT2D eigenvalue weighted by atomic mass is 10.2. The molecule has 254 valence electrons. The Hall–Kier alpha value is -4.74. The van der Waals surface area contributed by atoms with Crippen LogP contribution in [-0.4, -0.2) is 35.3 Å². The van der Waals surface area contributed by atoms with Gasteiger partial charge < -0.3 is 36.9 Å². The van der Waals surface area contributed by atoms with Crippen molar-refractivity contribution in [2.45, 2.75) is 25.7 Å². The number of nitrogens with zero attached hydrogens (tertiary/aromatic N) is 2. The molecule has 1 aromatic heterocycles. The maximum absolute atomic E-state index is 12.6. The first-order chi connectivity index (χ1) is 24.0. The van der Waals surface area contributed by atoms with E-state index in [4.69, 9.17) is 14.7 Å². The van der Waals surface area contributed by atoms with E-state index in [1.807, 2.05) is 6.07 Å². The number of ether oxygens (including phenoxy) is 2. The molecule has 0 aliphatic heterocycles. The summed E-state index contributed by atoms with van der Waals surface area (Å²) in [6, 6.07) is 44.9. The van der Waals surface area contributed by atoms with Crippen molar-refractivity contribution in [3.05, 3.63) is 132 Å². The van der Waals surface area contributed by atoms with Crippen LogP contribution in [0.3, 0.4) is 0 Å². The van der Waals surface area contributed by atoms with Crippen molar-refractivity contribution in [3.8, 4) is 29.1 Å². The number of unbranched alkanes of at least 4 members (excludes halogenated alkanes) is 3. The number of hydrogen-bond acceptors (Lipinski definition) is 7. The molecule has 5 aromatic carbocycles. The van der Waals surface area contributed by atoms with Gasteiger partial charge in [-0.05, 0) is 79.9 Å². The van der Waals surface area contributed by atoms with Crippen molar-refractivity contribution in [3.63, 3.8) is 0 Å². The molecule has 0 spiro atoms. The lowest BCUT2D eigenvalue weighted by Crippen LogP contribution is -3.00. The Labute approximate surface area is 307 Å². The maximum atomic E-state index is 12.6. The highest BCUT2D eigenvalue weighted by Crippen LogP contribution is 2.56. The van der Waals surface area contributed by atoms with Crippen LogP contribution >= 0.6 is 18.6 Å². The first-order valence-corrected chi connectivity index (χ1v) is 19.1. The Kier molecular flexibility index (Phi) is 13.0. The van der Waals surface area contributed by atoms with Crippen LogP contribution in [0.1, 0.15) is 30.7 Å². The highest BCUT2D eigenvalue weighted by atomic mass is 79.9. The number of hydrogen-bond donors (Lipinski definition) is 2. The summed E-state index contributed by atoms with van der Waals surface area (Å²) < 4.78 is 12.4. The summed E-state index contributed by atoms with van der Waals surface area (Å²) in [5.41, 5.74) is 0.729. The number of carbonyl (C=O) groups excluding carboxylic acids is 1. The molecule has 10 heteroatoms. The highest BCUT2D eigenvalue weighted by molar-refractivity contribution is 7.95. The van der Waals surface area contributed by atoms with Gasteiger partial charge in [-0.3, -0.25) is 4.79 Å². The van der Waals surface area contributed by atoms with E-state index in [1.165, 1.54) is 33.3 Å². The molecule has 0 fully saturated rings. The minimum Gasteiger partial charge on any atom is -1.00 e. The zero-order valence-corrected chi connectivity index (χ0v) is 30.7. The minimum absolute atomic E-state index is 0. The average molecular weight is 767 g/mol. The van der Waals surface area contributed by atoms with Crippen molar-refractivity contribution in [1.29, 1.82) is 5.26 Å². The van der Waals surface area contributed by atoms with Gasteiger partial charge in [-0.15, -0.1) is 11.3 Å². The molecule has 0 saturated carbocycles. The summed E-state index contributed by atoms with van der Waals surface area (Å²) in [5, 5.41) is 26.9. The molecule has 0 aliphatic rings. The Bertz CT molecular complexity index is 1940. The molecule has 1 heterocycles. The number of nitriles is 1. The van der Waals surface area contributed by atoms with Crippen LogP contribution in [0.5, 0.6) is 23.0 Å². The predicted octanol–water partition coefficient (Wildman–Crippen LogP) is 4.72. The molecule has 0 saturated heterocycles. The topological polar surface area (TPSA) is 104 Å². The number of carbonyl (C=O) groups is 1. The van der Waals surface area contributed by atoms with E-state index in [1.54, 1.807) is 24.3 Å². The third kappa shape index (κ3) is 8.88. The van der Waals surface area contributed by atoms with E-state index in [9.17, 15) is 9.90 Å². The van der Waals surface area contributed by atoms with Crippen LogP contribution in [0.2, 0.25) is 0 Å². The van der Waals surface area contributed by atoms with Gasteiger partial charge in [-0.1, -0.05) is 61.0 Å². The number of amides is 1. The first kappa shape index (κ1) is 36.5. The van der Waals surface area contributed by atoms with Crippen LogP contribution in [-0.2, 0) is 4.79 Å². The minimum atomic E-state index is -1.83. The summed E-state index contributed by atoms with van der Waals surface area (Å²) in [7, 11) is -1.83. The molecule has 0 aliphatic carbocycles. The van der Waals surface area contributed by atoms with E-state index in [0.29, 0.717) is 23.1 Å². The molecular weight excluding hydrogens is 729 g/mol. The second kappa shape index (κ2) is 17.8. The fraction of sp³-hybridized carbons (Fsp3) is 0.175. The number of nitrogens with one attached hydrogen (secondary N) is 1. The molecule has 50 heavy (non-hydrogen) atoms. The van der Waals surface area contributed by atoms with Crippen LogP contribution in [0, 0.1) is 11.3 Å². The van der Waals surface area contributed by atoms with Crippen molar-refractivity contribution < 1.29 is 36.4 Å². The Morgan fingerprint density at radius 1 is 0.780 bits per heavy atom. The number of thiazole rings is 1. The third-order valence-corrected chi connectivity index (χ3v) is 13.8. The lowest BCUT2D eigenvalue weighted by Gasteiger charge is -2.27. The Morgan fingerprint density at radius 2 is 1.36 bits per heavy atom. The molecule has 6 rings (SSSR count). The van der Waals surface area contributed by atoms with Gasteiger partial charge in [0.05, 0.1) is 16.4 Å². The quantitative estimate of drug-likeness (QED) is 0.116. The maximum Gasteiger partial charge on any atom is 0.257 e. The Morgan fingerprint density at radius 3 is 1.98 bits per heavy atom. The fourth-order valence-electron chi connectivity index (χ4n) is 5.96. The van der Waals surface area contributed by atoms with Crippen LogP contribution in [0.25, 0.3) is 10.2 Å². The number of phenols is 1. The monoisotopic (exact) mass is 765 g/mol. The van der Waals surface area contributed by atoms with Gasteiger partial charge in [0.15, 0.2) is 23.1 Å². The van der Waals surface area contributed by atoms with E-state index in [0.717, 1.165) is 42.1 Å². The van der Waals surface area contributed by atoms with Crippen molar-refractivity contribution in [2.24, 2.45) is 0 Å². The second-order valence-electron chi connectivity index (χ2n) is 11.6. The normalized spacial score (nSPS) is 10.9. The number of benzene rings is 5. The molecule has 7 nitrogen and oxygen atoms in total. The molecule has 0 radical (unpaired) electrons. The molecular formula is C40H37BrN3O4PS. The first-order valence-electron chi connectivity index (χ1n) is 16.3. The van der Waals surface area contributed by atoms with Gasteiger partial charge in [0.2, 0.25) is 0 Å². The van der Waals surface area contributed by atoms with Crippen molar-refractivity contribution in [1.82, 2.24) is 10.3 Å². The van der Waals surface area contributed by atoms with Crippen LogP contribution in [0.4, 0.5) is 0 Å². The van der Waals surface area contributed by atoms with E-state index in [2.05, 4.69) is 107 Å². The molecule has 0 bridgehead atoms. The molecule has 2 N–H and O–H groups in total. The summed E-state index contributed by atoms with van der Waals surface area (Å²) in [6.07, 6.45) is 5.11. The standard InChI is InChI=1S/C40H36N3O4PS.BrH/c41-28-40-43-35-22-20-31(27-38(35)49-40)47-30-21-23-36(44)37(26-30)46-29-39(45)42-24-12-1-2-13-25-48(32-14-6-3-7-15-32,33-16-8-4-9-17-33)34-18-10-5-11-19-34;/h3-11,14-23,26-27H,1-2,12-13,24-25,29H2,(H-,42,44,45);1H. The molecule has 0 unspecified atom stereocenters. The zero-order valence-electron chi connectivity index (χ0n) is 27.4. The number of aromatic hydroxyl groups is 1. The lowest BCUT2D eigenvalue weighted by molar-refractivity contribution is -0.123. The smallest absolute Gasteiger partial charge is 0.257 e. The summed E-state index contributed by atoms with van der Waals surface area (Å²) >= 11 is 1.29. The van der Waals surface area contributed by atoms with Gasteiger partial charge in [0.1, 0.15) is 40.7 Å². The fourth-order valence-corrected chi connectivity index (χ4v) is 11.2. The number of fused-ring (bicyclic) bond motifs is 1. The van der Waals surface area contributed by atoms with Crippen molar-refractivity contribution in [2.75, 3.05) is 19.3 Å². The largest absolute Gasteiger partial charge is 1.00 e. The summed E-state index contributed by atoms with van der Waals surface area (Å²) in [4.78, 5) is 16.8. The SMILES string of the molecule is N#Cc1nc2ccc(Oc3ccc(O)c(OCC(=O)NCCCCCC[P+](c4ccccc4)(c4ccccc4)c4ccccc4)c3)cc2s1.[Br-]. The van der Waals surface area contributed by atoms with Crippen LogP contribution in [0.15, 0.2) is 127 Å². The number of halogens is 1. The van der Waals surface area contributed by atoms with Crippen LogP contribution < -0.4 is 47.7 Å². The van der Waals surface area contributed by atoms with Crippen molar-refractivity contribution >= 4 is 50.6 Å². The zero-order chi connectivity index (χ0) is 33.9. The van der Waals surface area contributed by atoms with Gasteiger partial charge >= 0.3 is 0 Å². The van der Waals surface area contributed by atoms with E-state index in [-0.39, 0.29) is 41.0 Å². The molecule has 1 amide bonds.